The molecule has 1 aromatic heterocycles. The Morgan fingerprint density at radius 2 is 2.03 bits per heavy atom. The fraction of sp³-hybridized carbons (Fsp3) is 0.500. The summed E-state index contributed by atoms with van der Waals surface area (Å²) in [4.78, 5) is 3.31. The van der Waals surface area contributed by atoms with Crippen molar-refractivity contribution in [3.8, 4) is 0 Å². The van der Waals surface area contributed by atoms with E-state index in [1.807, 2.05) is 0 Å². The van der Waals surface area contributed by atoms with Crippen LogP contribution in [0.3, 0.4) is 0 Å². The minimum absolute atomic E-state index is 0.130. The molecule has 0 spiro atoms. The maximum atomic E-state index is 14.4. The summed E-state index contributed by atoms with van der Waals surface area (Å²) in [6.45, 7) is 1.93. The Morgan fingerprint density at radius 3 is 2.69 bits per heavy atom. The standard InChI is InChI=1S/C18H24ClFN4O3S2/c19-13-9-16(29(26,27)24-17-23-7-8-28-17)14(20)10-15(13)22-6-4-2-1-3-5-18(25)11-21-12-18/h7-10,21-22,25H,1-6,11-12H2,(H,23,24). The number of benzene rings is 1. The number of halogens is 2. The molecule has 0 saturated carbocycles. The zero-order valence-electron chi connectivity index (χ0n) is 15.7. The number of aliphatic hydroxyl groups is 1. The van der Waals surface area contributed by atoms with Crippen LogP contribution < -0.4 is 15.4 Å². The maximum absolute atomic E-state index is 14.4. The van der Waals surface area contributed by atoms with Crippen LogP contribution in [0.5, 0.6) is 0 Å². The van der Waals surface area contributed by atoms with Crippen molar-refractivity contribution >= 4 is 43.8 Å². The molecule has 4 N–H and O–H groups in total. The van der Waals surface area contributed by atoms with Crippen molar-refractivity contribution in [1.29, 1.82) is 0 Å². The van der Waals surface area contributed by atoms with Gasteiger partial charge in [0, 0.05) is 31.2 Å². The summed E-state index contributed by atoms with van der Waals surface area (Å²) >= 11 is 7.25. The number of hydrogen-bond donors (Lipinski definition) is 4. The third-order valence-corrected chi connectivity index (χ3v) is 7.24. The molecule has 1 aromatic carbocycles. The van der Waals surface area contributed by atoms with Gasteiger partial charge in [0.1, 0.15) is 10.7 Å². The number of sulfonamides is 1. The lowest BCUT2D eigenvalue weighted by atomic mass is 9.90. The number of nitrogens with zero attached hydrogens (tertiary/aromatic N) is 1. The van der Waals surface area contributed by atoms with E-state index in [0.29, 0.717) is 25.3 Å². The number of hydrogen-bond acceptors (Lipinski definition) is 7. The molecule has 0 unspecified atom stereocenters. The molecule has 11 heteroatoms. The third-order valence-electron chi connectivity index (χ3n) is 4.76. The normalized spacial score (nSPS) is 15.7. The van der Waals surface area contributed by atoms with Gasteiger partial charge in [-0.05, 0) is 25.0 Å². The number of thiazole rings is 1. The zero-order chi connectivity index (χ0) is 20.9. The average molecular weight is 463 g/mol. The van der Waals surface area contributed by atoms with Gasteiger partial charge in [0.15, 0.2) is 5.13 Å². The number of aromatic nitrogens is 1. The molecule has 1 fully saturated rings. The first kappa shape index (κ1) is 22.2. The van der Waals surface area contributed by atoms with Crippen LogP contribution in [-0.2, 0) is 10.0 Å². The van der Waals surface area contributed by atoms with Gasteiger partial charge in [-0.2, -0.15) is 0 Å². The van der Waals surface area contributed by atoms with Crippen molar-refractivity contribution in [3.05, 3.63) is 34.5 Å². The van der Waals surface area contributed by atoms with Crippen LogP contribution in [0.4, 0.5) is 15.2 Å². The SMILES string of the molecule is O=S(=O)(Nc1nccs1)c1cc(Cl)c(NCCCCCCC2(O)CNC2)cc1F. The molecule has 2 aromatic rings. The van der Waals surface area contributed by atoms with E-state index < -0.39 is 26.3 Å². The van der Waals surface area contributed by atoms with Crippen LogP contribution in [0.25, 0.3) is 0 Å². The fourth-order valence-electron chi connectivity index (χ4n) is 3.06. The molecule has 0 aliphatic carbocycles. The fourth-order valence-corrected chi connectivity index (χ4v) is 5.23. The Bertz CT molecular complexity index is 921. The molecule has 1 saturated heterocycles. The molecular weight excluding hydrogens is 439 g/mol. The van der Waals surface area contributed by atoms with Gasteiger partial charge in [-0.25, -0.2) is 17.8 Å². The highest BCUT2D eigenvalue weighted by Crippen LogP contribution is 2.29. The van der Waals surface area contributed by atoms with E-state index in [1.165, 1.54) is 6.20 Å². The Balaban J connectivity index is 1.47. The van der Waals surface area contributed by atoms with Crippen LogP contribution in [0.2, 0.25) is 5.02 Å². The summed E-state index contributed by atoms with van der Waals surface area (Å²) in [7, 11) is -4.11. The summed E-state index contributed by atoms with van der Waals surface area (Å²) < 4.78 is 41.4. The van der Waals surface area contributed by atoms with Gasteiger partial charge < -0.3 is 15.7 Å². The minimum atomic E-state index is -4.11. The molecule has 2 heterocycles. The predicted molar refractivity (Wildman–Crippen MR) is 114 cm³/mol. The van der Waals surface area contributed by atoms with Gasteiger partial charge in [0.05, 0.1) is 16.3 Å². The second-order valence-electron chi connectivity index (χ2n) is 7.12. The van der Waals surface area contributed by atoms with Gasteiger partial charge in [-0.1, -0.05) is 30.9 Å². The lowest BCUT2D eigenvalue weighted by molar-refractivity contribution is -0.0191. The lowest BCUT2D eigenvalue weighted by Gasteiger charge is -2.37. The van der Waals surface area contributed by atoms with Crippen molar-refractivity contribution in [2.45, 2.75) is 42.6 Å². The molecule has 160 valence electrons. The first-order valence-corrected chi connectivity index (χ1v) is 12.1. The van der Waals surface area contributed by atoms with E-state index in [9.17, 15) is 17.9 Å². The molecule has 1 aliphatic rings. The predicted octanol–water partition coefficient (Wildman–Crippen LogP) is 3.43. The van der Waals surface area contributed by atoms with Crippen LogP contribution in [-0.4, -0.2) is 43.7 Å². The smallest absolute Gasteiger partial charge is 0.266 e. The summed E-state index contributed by atoms with van der Waals surface area (Å²) in [6.07, 6.45) is 6.06. The van der Waals surface area contributed by atoms with Crippen molar-refractivity contribution < 1.29 is 17.9 Å². The minimum Gasteiger partial charge on any atom is -0.387 e. The highest BCUT2D eigenvalue weighted by Gasteiger charge is 2.33. The Hall–Kier alpha value is -1.46. The van der Waals surface area contributed by atoms with E-state index in [4.69, 9.17) is 11.6 Å². The zero-order valence-corrected chi connectivity index (χ0v) is 18.1. The van der Waals surface area contributed by atoms with Crippen molar-refractivity contribution in [3.63, 3.8) is 0 Å². The lowest BCUT2D eigenvalue weighted by Crippen LogP contribution is -2.59. The number of anilines is 2. The maximum Gasteiger partial charge on any atom is 0.266 e. The van der Waals surface area contributed by atoms with Gasteiger partial charge in [-0.3, -0.25) is 4.72 Å². The first-order chi connectivity index (χ1) is 13.8. The molecule has 0 atom stereocenters. The van der Waals surface area contributed by atoms with Crippen LogP contribution in [0.15, 0.2) is 28.6 Å². The molecule has 0 amide bonds. The molecule has 29 heavy (non-hydrogen) atoms. The first-order valence-electron chi connectivity index (χ1n) is 9.37. The topological polar surface area (TPSA) is 103 Å². The quantitative estimate of drug-likeness (QED) is 0.381. The number of unbranched alkanes of at least 4 members (excludes halogenated alkanes) is 3. The summed E-state index contributed by atoms with van der Waals surface area (Å²) in [5.74, 6) is -0.886. The van der Waals surface area contributed by atoms with E-state index in [0.717, 1.165) is 55.6 Å². The Morgan fingerprint density at radius 1 is 1.28 bits per heavy atom. The third kappa shape index (κ3) is 6.02. The van der Waals surface area contributed by atoms with Gasteiger partial charge in [-0.15, -0.1) is 11.3 Å². The van der Waals surface area contributed by atoms with Crippen molar-refractivity contribution in [2.24, 2.45) is 0 Å². The average Bonchev–Trinajstić information content (AvgIpc) is 3.13. The van der Waals surface area contributed by atoms with Crippen LogP contribution in [0, 0.1) is 5.82 Å². The van der Waals surface area contributed by atoms with E-state index >= 15 is 0 Å². The van der Waals surface area contributed by atoms with E-state index in [1.54, 1.807) is 5.38 Å². The number of nitrogens with one attached hydrogen (secondary N) is 3. The van der Waals surface area contributed by atoms with Gasteiger partial charge >= 0.3 is 0 Å². The summed E-state index contributed by atoms with van der Waals surface area (Å²) in [5, 5.41) is 18.0. The molecular formula is C18H24ClFN4O3S2. The van der Waals surface area contributed by atoms with Crippen LogP contribution in [0.1, 0.15) is 32.1 Å². The van der Waals surface area contributed by atoms with Crippen molar-refractivity contribution in [2.75, 3.05) is 29.7 Å². The number of β-amino-alcohol motifs (C(OH)–C–C–N with tert-alkyl or cyclic N) is 1. The van der Waals surface area contributed by atoms with Crippen molar-refractivity contribution in [1.82, 2.24) is 10.3 Å². The second-order valence-corrected chi connectivity index (χ2v) is 10.1. The monoisotopic (exact) mass is 462 g/mol. The van der Waals surface area contributed by atoms with Gasteiger partial charge in [0.2, 0.25) is 0 Å². The van der Waals surface area contributed by atoms with Crippen LogP contribution >= 0.6 is 22.9 Å². The molecule has 0 radical (unpaired) electrons. The van der Waals surface area contributed by atoms with E-state index in [-0.39, 0.29) is 10.2 Å². The summed E-state index contributed by atoms with van der Waals surface area (Å²) in [6, 6.07) is 2.19. The largest absolute Gasteiger partial charge is 0.387 e. The number of rotatable bonds is 11. The highest BCUT2D eigenvalue weighted by molar-refractivity contribution is 7.93. The molecule has 7 nitrogen and oxygen atoms in total. The second kappa shape index (κ2) is 9.57. The Kier molecular flexibility index (Phi) is 7.33. The van der Waals surface area contributed by atoms with Gasteiger partial charge in [0.25, 0.3) is 10.0 Å². The Labute approximate surface area is 178 Å². The molecule has 0 bridgehead atoms. The molecule has 1 aliphatic heterocycles. The molecule has 3 rings (SSSR count). The highest BCUT2D eigenvalue weighted by atomic mass is 35.5. The van der Waals surface area contributed by atoms with E-state index in [2.05, 4.69) is 20.3 Å². The summed E-state index contributed by atoms with van der Waals surface area (Å²) in [5.41, 5.74) is -0.174.